The third kappa shape index (κ3) is 10.8. The lowest BCUT2D eigenvalue weighted by atomic mass is 10.2. The van der Waals surface area contributed by atoms with Crippen LogP contribution in [0.5, 0.6) is 0 Å². The van der Waals surface area contributed by atoms with Crippen LogP contribution in [-0.4, -0.2) is 53.8 Å². The molecule has 0 rings (SSSR count). The van der Waals surface area contributed by atoms with Crippen molar-refractivity contribution in [1.82, 2.24) is 0 Å². The van der Waals surface area contributed by atoms with Crippen molar-refractivity contribution in [2.24, 2.45) is 0 Å². The fourth-order valence-electron chi connectivity index (χ4n) is 1.28. The quantitative estimate of drug-likeness (QED) is 0.280. The number of hydrogen-bond acceptors (Lipinski definition) is 6. The van der Waals surface area contributed by atoms with Gasteiger partial charge in [-0.05, 0) is 19.8 Å². The van der Waals surface area contributed by atoms with Crippen LogP contribution in [0.4, 0.5) is 0 Å². The molecule has 0 atom stereocenters. The lowest BCUT2D eigenvalue weighted by molar-refractivity contribution is -0.139. The van der Waals surface area contributed by atoms with Crippen LogP contribution < -0.4 is 0 Å². The van der Waals surface area contributed by atoms with E-state index in [0.29, 0.717) is 31.1 Å². The van der Waals surface area contributed by atoms with Gasteiger partial charge >= 0.3 is 20.7 Å². The van der Waals surface area contributed by atoms with Gasteiger partial charge in [-0.2, -0.15) is 0 Å². The molecule has 0 radical (unpaired) electrons. The molecule has 1 N–H and O–H groups in total. The number of esters is 1. The predicted molar refractivity (Wildman–Crippen MR) is 89.0 cm³/mol. The molecule has 0 aromatic rings. The van der Waals surface area contributed by atoms with E-state index in [1.165, 1.54) is 0 Å². The second-order valence-corrected chi connectivity index (χ2v) is 7.67. The summed E-state index contributed by atoms with van der Waals surface area (Å²) >= 11 is 0. The van der Waals surface area contributed by atoms with Gasteiger partial charge in [0.25, 0.3) is 0 Å². The number of carboxylic acid groups (broad SMARTS) is 1. The van der Waals surface area contributed by atoms with Crippen LogP contribution in [0.2, 0.25) is 6.04 Å². The van der Waals surface area contributed by atoms with E-state index < -0.39 is 14.8 Å². The van der Waals surface area contributed by atoms with Crippen molar-refractivity contribution in [3.63, 3.8) is 0 Å². The van der Waals surface area contributed by atoms with Crippen LogP contribution >= 0.6 is 0 Å². The van der Waals surface area contributed by atoms with Gasteiger partial charge in [-0.1, -0.05) is 20.1 Å². The van der Waals surface area contributed by atoms with Crippen LogP contribution in [0.15, 0.2) is 24.3 Å². The fourth-order valence-corrected chi connectivity index (χ4v) is 2.97. The highest BCUT2D eigenvalue weighted by atomic mass is 28.4. The minimum Gasteiger partial charge on any atom is -0.478 e. The number of ether oxygens (including phenoxy) is 1. The summed E-state index contributed by atoms with van der Waals surface area (Å²) in [5.74, 6) is -1.28. The average molecular weight is 348 g/mol. The van der Waals surface area contributed by atoms with Crippen molar-refractivity contribution in [3.05, 3.63) is 24.3 Å². The van der Waals surface area contributed by atoms with Gasteiger partial charge in [0.15, 0.2) is 0 Å². The Morgan fingerprint density at radius 3 is 1.83 bits per heavy atom. The molecule has 0 saturated heterocycles. The van der Waals surface area contributed by atoms with Crippen molar-refractivity contribution in [2.45, 2.75) is 32.7 Å². The maximum atomic E-state index is 11.1. The zero-order valence-electron chi connectivity index (χ0n) is 14.6. The molecule has 23 heavy (non-hydrogen) atoms. The van der Waals surface area contributed by atoms with Gasteiger partial charge in [-0.25, -0.2) is 9.59 Å². The monoisotopic (exact) mass is 348 g/mol. The van der Waals surface area contributed by atoms with Crippen molar-refractivity contribution >= 4 is 20.7 Å². The highest BCUT2D eigenvalue weighted by Gasteiger charge is 2.36. The molecule has 0 unspecified atom stereocenters. The Morgan fingerprint density at radius 1 is 1.09 bits per heavy atom. The molecule has 8 heteroatoms. The Kier molecular flexibility index (Phi) is 13.4. The zero-order valence-corrected chi connectivity index (χ0v) is 15.6. The van der Waals surface area contributed by atoms with E-state index in [4.69, 9.17) is 23.1 Å². The molecule has 0 aliphatic rings. The van der Waals surface area contributed by atoms with Crippen molar-refractivity contribution < 1.29 is 32.7 Å². The molecule has 0 heterocycles. The van der Waals surface area contributed by atoms with Gasteiger partial charge in [0.05, 0.1) is 6.61 Å². The molecule has 0 aromatic heterocycles. The third-order valence-electron chi connectivity index (χ3n) is 2.87. The Morgan fingerprint density at radius 2 is 1.57 bits per heavy atom. The minimum absolute atomic E-state index is 0.264. The van der Waals surface area contributed by atoms with Crippen molar-refractivity contribution in [1.29, 1.82) is 0 Å². The molecular weight excluding hydrogens is 320 g/mol. The Bertz CT molecular complexity index is 394. The zero-order chi connectivity index (χ0) is 18.5. The largest absolute Gasteiger partial charge is 0.500 e. The number of aliphatic carboxylic acids is 1. The molecule has 134 valence electrons. The maximum absolute atomic E-state index is 11.1. The molecule has 0 aliphatic heterocycles. The molecule has 0 fully saturated rings. The number of hydrogen-bond donors (Lipinski definition) is 1. The third-order valence-corrected chi connectivity index (χ3v) is 5.70. The molecule has 0 amide bonds. The van der Waals surface area contributed by atoms with Crippen LogP contribution in [0.1, 0.15) is 26.7 Å². The van der Waals surface area contributed by atoms with Gasteiger partial charge in [0, 0.05) is 38.5 Å². The molecule has 0 spiro atoms. The highest BCUT2D eigenvalue weighted by Crippen LogP contribution is 2.14. The Labute approximate surface area is 139 Å². The van der Waals surface area contributed by atoms with Crippen LogP contribution in [0.3, 0.4) is 0 Å². The second kappa shape index (κ2) is 13.0. The number of carbonyl (C=O) groups is 2. The molecular formula is C15H28O7Si. The number of rotatable bonds is 10. The summed E-state index contributed by atoms with van der Waals surface area (Å²) in [5, 5.41) is 8.08. The SMILES string of the molecule is C=C(C)C(=O)OCCC[Si](OC)(OC)OC.C=C(CC)C(=O)O. The van der Waals surface area contributed by atoms with Crippen molar-refractivity contribution in [2.75, 3.05) is 27.9 Å². The molecule has 7 nitrogen and oxygen atoms in total. The first kappa shape index (κ1) is 23.8. The molecule has 0 saturated carbocycles. The van der Waals surface area contributed by atoms with Crippen LogP contribution in [-0.2, 0) is 27.6 Å². The summed E-state index contributed by atoms with van der Waals surface area (Å²) in [5.41, 5.74) is 0.661. The number of carbonyl (C=O) groups excluding carboxylic acids is 1. The van der Waals surface area contributed by atoms with Gasteiger partial charge in [-0.15, -0.1) is 0 Å². The molecule has 0 aliphatic carbocycles. The fraction of sp³-hybridized carbons (Fsp3) is 0.600. The van der Waals surface area contributed by atoms with Crippen molar-refractivity contribution in [3.8, 4) is 0 Å². The van der Waals surface area contributed by atoms with Gasteiger partial charge in [0.1, 0.15) is 0 Å². The van der Waals surface area contributed by atoms with E-state index in [2.05, 4.69) is 13.2 Å². The van der Waals surface area contributed by atoms with Gasteiger partial charge in [-0.3, -0.25) is 0 Å². The lowest BCUT2D eigenvalue weighted by Crippen LogP contribution is -2.42. The Hall–Kier alpha value is -1.48. The highest BCUT2D eigenvalue weighted by molar-refractivity contribution is 6.60. The topological polar surface area (TPSA) is 91.3 Å². The second-order valence-electron chi connectivity index (χ2n) is 4.58. The smallest absolute Gasteiger partial charge is 0.478 e. The van der Waals surface area contributed by atoms with Gasteiger partial charge < -0.3 is 23.1 Å². The summed E-state index contributed by atoms with van der Waals surface area (Å²) in [4.78, 5) is 20.9. The number of carboxylic acids is 1. The normalized spacial score (nSPS) is 10.3. The summed E-state index contributed by atoms with van der Waals surface area (Å²) < 4.78 is 20.6. The van der Waals surface area contributed by atoms with E-state index in [9.17, 15) is 9.59 Å². The summed E-state index contributed by atoms with van der Waals surface area (Å²) in [6, 6.07) is 0.611. The van der Waals surface area contributed by atoms with E-state index >= 15 is 0 Å². The van der Waals surface area contributed by atoms with Gasteiger partial charge in [0.2, 0.25) is 0 Å². The minimum atomic E-state index is -2.53. The standard InChI is InChI=1S/C10H20O5Si.C5H8O2/c1-9(2)10(11)15-7-6-8-16(12-3,13-4)14-5;1-3-4(2)5(6)7/h1,6-8H2,2-5H3;2-3H2,1H3,(H,6,7). The first-order valence-electron chi connectivity index (χ1n) is 7.08. The van der Waals surface area contributed by atoms with E-state index in [-0.39, 0.29) is 11.5 Å². The predicted octanol–water partition coefficient (Wildman–Crippen LogP) is 2.41. The summed E-state index contributed by atoms with van der Waals surface area (Å²) in [6.07, 6.45) is 1.16. The lowest BCUT2D eigenvalue weighted by Gasteiger charge is -2.24. The maximum Gasteiger partial charge on any atom is 0.500 e. The average Bonchev–Trinajstić information content (AvgIpc) is 2.55. The summed E-state index contributed by atoms with van der Waals surface area (Å²) in [6.45, 7) is 10.5. The van der Waals surface area contributed by atoms with Crippen LogP contribution in [0.25, 0.3) is 0 Å². The van der Waals surface area contributed by atoms with Crippen LogP contribution in [0, 0.1) is 0 Å². The summed E-state index contributed by atoms with van der Waals surface area (Å²) in [7, 11) is 2.13. The molecule has 0 aromatic carbocycles. The van der Waals surface area contributed by atoms with E-state index in [1.807, 2.05) is 0 Å². The first-order chi connectivity index (χ1) is 10.7. The molecule has 0 bridgehead atoms. The first-order valence-corrected chi connectivity index (χ1v) is 9.01. The Balaban J connectivity index is 0. The van der Waals surface area contributed by atoms with E-state index in [0.717, 1.165) is 0 Å². The van der Waals surface area contributed by atoms with E-state index in [1.54, 1.807) is 35.2 Å².